The summed E-state index contributed by atoms with van der Waals surface area (Å²) in [5.74, 6) is -0.0616. The van der Waals surface area contributed by atoms with Gasteiger partial charge >= 0.3 is 0 Å². The summed E-state index contributed by atoms with van der Waals surface area (Å²) in [7, 11) is 0. The Morgan fingerprint density at radius 2 is 1.58 bits per heavy atom. The third-order valence-corrected chi connectivity index (χ3v) is 4.32. The Balaban J connectivity index is 0.00000312. The molecule has 0 aliphatic carbocycles. The lowest BCUT2D eigenvalue weighted by Crippen LogP contribution is -2.57. The number of carbonyl (C=O) groups excluding carboxylic acids is 2. The van der Waals surface area contributed by atoms with Gasteiger partial charge in [0.25, 0.3) is 0 Å². The maximum atomic E-state index is 12.3. The highest BCUT2D eigenvalue weighted by Crippen LogP contribution is 2.19. The smallest absolute Gasteiger partial charge is 0.242 e. The second kappa shape index (κ2) is 10.1. The number of aryl methyl sites for hydroxylation is 2. The van der Waals surface area contributed by atoms with Crippen LogP contribution in [0.25, 0.3) is 0 Å². The monoisotopic (exact) mass is 404 g/mol. The van der Waals surface area contributed by atoms with Crippen molar-refractivity contribution in [2.75, 3.05) is 38.0 Å². The van der Waals surface area contributed by atoms with E-state index in [1.807, 2.05) is 32.0 Å². The molecule has 1 saturated heterocycles. The fourth-order valence-corrected chi connectivity index (χ4v) is 2.91. The zero-order valence-corrected chi connectivity index (χ0v) is 17.5. The zero-order chi connectivity index (χ0) is 17.9. The third-order valence-electron chi connectivity index (χ3n) is 4.32. The number of nitrogens with two attached hydrogens (primary N) is 1. The molecule has 1 aliphatic rings. The number of anilines is 1. The summed E-state index contributed by atoms with van der Waals surface area (Å²) < 4.78 is 0. The summed E-state index contributed by atoms with van der Waals surface area (Å²) >= 11 is 0. The van der Waals surface area contributed by atoms with Crippen LogP contribution in [0.4, 0.5) is 5.69 Å². The minimum Gasteiger partial charge on any atom is -0.339 e. The first-order valence-electron chi connectivity index (χ1n) is 8.35. The fourth-order valence-electron chi connectivity index (χ4n) is 2.91. The number of benzene rings is 1. The molecule has 0 radical (unpaired) electrons. The summed E-state index contributed by atoms with van der Waals surface area (Å²) in [5, 5.41) is 3.00. The molecule has 0 saturated carbocycles. The molecule has 0 spiro atoms. The summed E-state index contributed by atoms with van der Waals surface area (Å²) in [6, 6.07) is 5.96. The standard InChI is InChI=1S/C18H28N4O2.2ClH/c1-13-6-5-7-14(2)16(13)20-15(23)12-21-8-10-22(11-9-21)17(24)18(3,4)19;;/h5-7H,8-12,19H2,1-4H3,(H,20,23);2*1H. The Morgan fingerprint density at radius 3 is 2.04 bits per heavy atom. The number of carbonyl (C=O) groups is 2. The number of halogens is 2. The summed E-state index contributed by atoms with van der Waals surface area (Å²) in [6.07, 6.45) is 0. The highest BCUT2D eigenvalue weighted by molar-refractivity contribution is 5.93. The second-order valence-corrected chi connectivity index (χ2v) is 7.11. The SMILES string of the molecule is Cc1cccc(C)c1NC(=O)CN1CCN(C(=O)C(C)(C)N)CC1.Cl.Cl. The Morgan fingerprint density at radius 1 is 1.08 bits per heavy atom. The van der Waals surface area contributed by atoms with Crippen molar-refractivity contribution in [2.24, 2.45) is 5.73 Å². The number of hydrogen-bond donors (Lipinski definition) is 2. The van der Waals surface area contributed by atoms with E-state index >= 15 is 0 Å². The van der Waals surface area contributed by atoms with E-state index < -0.39 is 5.54 Å². The molecule has 0 bridgehead atoms. The van der Waals surface area contributed by atoms with Gasteiger partial charge in [-0.3, -0.25) is 14.5 Å². The molecule has 1 heterocycles. The normalized spacial score (nSPS) is 14.9. The number of para-hydroxylation sites is 1. The van der Waals surface area contributed by atoms with Crippen LogP contribution in [0.15, 0.2) is 18.2 Å². The Hall–Kier alpha value is -1.34. The van der Waals surface area contributed by atoms with Gasteiger partial charge in [0, 0.05) is 31.9 Å². The van der Waals surface area contributed by atoms with Gasteiger partial charge in [0.15, 0.2) is 0 Å². The first kappa shape index (κ1) is 24.7. The summed E-state index contributed by atoms with van der Waals surface area (Å²) in [4.78, 5) is 28.3. The van der Waals surface area contributed by atoms with Gasteiger partial charge in [-0.1, -0.05) is 18.2 Å². The number of nitrogens with zero attached hydrogens (tertiary/aromatic N) is 2. The number of hydrogen-bond acceptors (Lipinski definition) is 4. The minimum atomic E-state index is -0.845. The van der Waals surface area contributed by atoms with Gasteiger partial charge in [-0.15, -0.1) is 24.8 Å². The van der Waals surface area contributed by atoms with Crippen LogP contribution >= 0.6 is 24.8 Å². The van der Waals surface area contributed by atoms with Crippen LogP contribution in [-0.2, 0) is 9.59 Å². The molecule has 0 atom stereocenters. The minimum absolute atomic E-state index is 0. The largest absolute Gasteiger partial charge is 0.339 e. The van der Waals surface area contributed by atoms with E-state index in [1.165, 1.54) is 0 Å². The lowest BCUT2D eigenvalue weighted by atomic mass is 10.0. The molecular formula is C18H30Cl2N4O2. The van der Waals surface area contributed by atoms with Crippen molar-refractivity contribution in [1.29, 1.82) is 0 Å². The van der Waals surface area contributed by atoms with Gasteiger partial charge < -0.3 is 16.0 Å². The van der Waals surface area contributed by atoms with E-state index in [0.29, 0.717) is 32.7 Å². The first-order chi connectivity index (χ1) is 11.2. The number of nitrogens with one attached hydrogen (secondary N) is 1. The Labute approximate surface area is 168 Å². The molecule has 148 valence electrons. The molecular weight excluding hydrogens is 375 g/mol. The van der Waals surface area contributed by atoms with Gasteiger partial charge in [-0.25, -0.2) is 0 Å². The van der Waals surface area contributed by atoms with Crippen molar-refractivity contribution >= 4 is 42.3 Å². The summed E-state index contributed by atoms with van der Waals surface area (Å²) in [5.41, 5.74) is 8.03. The molecule has 2 amide bonds. The van der Waals surface area contributed by atoms with E-state index in [2.05, 4.69) is 10.2 Å². The van der Waals surface area contributed by atoms with E-state index in [9.17, 15) is 9.59 Å². The molecule has 6 nitrogen and oxygen atoms in total. The molecule has 0 unspecified atom stereocenters. The van der Waals surface area contributed by atoms with Gasteiger partial charge in [0.2, 0.25) is 11.8 Å². The summed E-state index contributed by atoms with van der Waals surface area (Å²) in [6.45, 7) is 10.3. The second-order valence-electron chi connectivity index (χ2n) is 7.11. The molecule has 8 heteroatoms. The molecule has 1 aromatic rings. The van der Waals surface area contributed by atoms with Crippen molar-refractivity contribution in [3.8, 4) is 0 Å². The number of amides is 2. The van der Waals surface area contributed by atoms with Crippen molar-refractivity contribution in [2.45, 2.75) is 33.2 Å². The van der Waals surface area contributed by atoms with Crippen molar-refractivity contribution < 1.29 is 9.59 Å². The van der Waals surface area contributed by atoms with Crippen molar-refractivity contribution in [3.63, 3.8) is 0 Å². The average Bonchev–Trinajstić information content (AvgIpc) is 2.50. The predicted molar refractivity (Wildman–Crippen MR) is 110 cm³/mol. The van der Waals surface area contributed by atoms with E-state index in [0.717, 1.165) is 16.8 Å². The van der Waals surface area contributed by atoms with Crippen LogP contribution < -0.4 is 11.1 Å². The number of piperazine rings is 1. The van der Waals surface area contributed by atoms with Gasteiger partial charge in [-0.2, -0.15) is 0 Å². The van der Waals surface area contributed by atoms with Gasteiger partial charge in [0.05, 0.1) is 12.1 Å². The van der Waals surface area contributed by atoms with Crippen LogP contribution in [0.2, 0.25) is 0 Å². The molecule has 26 heavy (non-hydrogen) atoms. The molecule has 1 fully saturated rings. The van der Waals surface area contributed by atoms with E-state index in [1.54, 1.807) is 18.7 Å². The Kier molecular flexibility index (Phi) is 9.59. The van der Waals surface area contributed by atoms with Gasteiger partial charge in [-0.05, 0) is 38.8 Å². The van der Waals surface area contributed by atoms with Crippen LogP contribution in [-0.4, -0.2) is 59.9 Å². The maximum absolute atomic E-state index is 12.3. The van der Waals surface area contributed by atoms with E-state index in [4.69, 9.17) is 5.73 Å². The predicted octanol–water partition coefficient (Wildman–Crippen LogP) is 1.97. The van der Waals surface area contributed by atoms with Crippen molar-refractivity contribution in [3.05, 3.63) is 29.3 Å². The highest BCUT2D eigenvalue weighted by Gasteiger charge is 2.30. The topological polar surface area (TPSA) is 78.7 Å². The van der Waals surface area contributed by atoms with Crippen LogP contribution in [0.1, 0.15) is 25.0 Å². The van der Waals surface area contributed by atoms with Gasteiger partial charge in [0.1, 0.15) is 0 Å². The lowest BCUT2D eigenvalue weighted by Gasteiger charge is -2.37. The number of rotatable bonds is 4. The van der Waals surface area contributed by atoms with Crippen LogP contribution in [0.5, 0.6) is 0 Å². The molecule has 1 aromatic carbocycles. The molecule has 3 N–H and O–H groups in total. The molecule has 0 aromatic heterocycles. The first-order valence-corrected chi connectivity index (χ1v) is 8.35. The van der Waals surface area contributed by atoms with Crippen molar-refractivity contribution in [1.82, 2.24) is 9.80 Å². The fraction of sp³-hybridized carbons (Fsp3) is 0.556. The van der Waals surface area contributed by atoms with Crippen LogP contribution in [0, 0.1) is 13.8 Å². The Bertz CT molecular complexity index is 604. The quantitative estimate of drug-likeness (QED) is 0.803. The molecule has 2 rings (SSSR count). The maximum Gasteiger partial charge on any atom is 0.242 e. The highest BCUT2D eigenvalue weighted by atomic mass is 35.5. The van der Waals surface area contributed by atoms with E-state index in [-0.39, 0.29) is 36.6 Å². The third kappa shape index (κ3) is 6.43. The molecule has 1 aliphatic heterocycles. The average molecular weight is 405 g/mol. The zero-order valence-electron chi connectivity index (χ0n) is 15.9. The lowest BCUT2D eigenvalue weighted by molar-refractivity contribution is -0.137. The van der Waals surface area contributed by atoms with Crippen LogP contribution in [0.3, 0.4) is 0 Å².